The Morgan fingerprint density at radius 2 is 1.44 bits per heavy atom. The third-order valence-electron chi connectivity index (χ3n) is 4.96. The van der Waals surface area contributed by atoms with E-state index in [1.807, 2.05) is 30.3 Å². The Morgan fingerprint density at radius 1 is 0.840 bits per heavy atom. The summed E-state index contributed by atoms with van der Waals surface area (Å²) in [4.78, 5) is 22.1. The van der Waals surface area contributed by atoms with E-state index in [9.17, 15) is 9.59 Å². The molecular weight excluding hydrogens is 316 g/mol. The third-order valence-corrected chi connectivity index (χ3v) is 4.96. The summed E-state index contributed by atoms with van der Waals surface area (Å²) in [5.74, 6) is 0.421. The van der Waals surface area contributed by atoms with Crippen LogP contribution in [0.5, 0.6) is 0 Å². The van der Waals surface area contributed by atoms with E-state index in [1.54, 1.807) is 30.3 Å². The quantitative estimate of drug-likeness (QED) is 0.842. The fourth-order valence-electron chi connectivity index (χ4n) is 3.69. The lowest BCUT2D eigenvalue weighted by atomic mass is 9.98. The molecule has 2 aliphatic rings. The van der Waals surface area contributed by atoms with Crippen LogP contribution in [0.1, 0.15) is 46.4 Å². The number of carboxylic acids is 1. The molecule has 25 heavy (non-hydrogen) atoms. The highest BCUT2D eigenvalue weighted by molar-refractivity contribution is 5.89. The van der Waals surface area contributed by atoms with Gasteiger partial charge in [-0.3, -0.25) is 0 Å². The van der Waals surface area contributed by atoms with E-state index in [0.717, 1.165) is 12.3 Å². The average molecular weight is 338 g/mol. The van der Waals surface area contributed by atoms with Crippen LogP contribution in [0.2, 0.25) is 0 Å². The molecule has 3 unspecified atom stereocenters. The predicted octanol–water partition coefficient (Wildman–Crippen LogP) is 4.42. The molecule has 130 valence electrons. The zero-order valence-electron chi connectivity index (χ0n) is 14.0. The second-order valence-corrected chi connectivity index (χ2v) is 6.66. The van der Waals surface area contributed by atoms with E-state index < -0.39 is 5.97 Å². The average Bonchev–Trinajstić information content (AvgIpc) is 3.27. The van der Waals surface area contributed by atoms with Crippen LogP contribution in [0.25, 0.3) is 0 Å². The minimum atomic E-state index is -0.879. The Balaban J connectivity index is 0.000000173. The Hall–Kier alpha value is -2.62. The molecular formula is C21H22O4. The summed E-state index contributed by atoms with van der Waals surface area (Å²) < 4.78 is 5.59. The second kappa shape index (κ2) is 7.97. The number of hydrogen-bond donors (Lipinski definition) is 1. The summed E-state index contributed by atoms with van der Waals surface area (Å²) in [6.45, 7) is 0. The van der Waals surface area contributed by atoms with Crippen molar-refractivity contribution in [2.75, 3.05) is 0 Å². The second-order valence-electron chi connectivity index (χ2n) is 6.66. The highest BCUT2D eigenvalue weighted by Crippen LogP contribution is 2.46. The molecule has 0 radical (unpaired) electrons. The number of carboxylic acid groups (broad SMARTS) is 1. The van der Waals surface area contributed by atoms with E-state index >= 15 is 0 Å². The van der Waals surface area contributed by atoms with Crippen molar-refractivity contribution in [3.63, 3.8) is 0 Å². The molecule has 2 saturated carbocycles. The van der Waals surface area contributed by atoms with Crippen LogP contribution in [0.3, 0.4) is 0 Å². The SMILES string of the molecule is O=C(O)c1ccccc1.O=C(OC1CC2CCC1C2)c1ccccc1. The standard InChI is InChI=1S/C14H16O2.C7H6O2/c15-14(11-4-2-1-3-5-11)16-13-9-10-6-7-12(13)8-10;8-7(9)6-4-2-1-3-5-6/h1-5,10,12-13H,6-9H2;1-5H,(H,8,9). The molecule has 2 fully saturated rings. The first-order valence-electron chi connectivity index (χ1n) is 8.68. The molecule has 2 aromatic rings. The predicted molar refractivity (Wildman–Crippen MR) is 94.5 cm³/mol. The zero-order chi connectivity index (χ0) is 17.6. The summed E-state index contributed by atoms with van der Waals surface area (Å²) in [7, 11) is 0. The van der Waals surface area contributed by atoms with Crippen LogP contribution in [0.15, 0.2) is 60.7 Å². The highest BCUT2D eigenvalue weighted by Gasteiger charge is 2.41. The normalized spacial score (nSPS) is 23.4. The molecule has 3 atom stereocenters. The fraction of sp³-hybridized carbons (Fsp3) is 0.333. The minimum absolute atomic E-state index is 0.154. The van der Waals surface area contributed by atoms with E-state index in [1.165, 1.54) is 19.3 Å². The lowest BCUT2D eigenvalue weighted by Gasteiger charge is -2.21. The van der Waals surface area contributed by atoms with Gasteiger partial charge in [0.25, 0.3) is 0 Å². The minimum Gasteiger partial charge on any atom is -0.478 e. The van der Waals surface area contributed by atoms with Gasteiger partial charge in [0.05, 0.1) is 11.1 Å². The van der Waals surface area contributed by atoms with Crippen molar-refractivity contribution in [2.45, 2.75) is 31.8 Å². The fourth-order valence-corrected chi connectivity index (χ4v) is 3.69. The molecule has 1 N–H and O–H groups in total. The molecule has 2 bridgehead atoms. The van der Waals surface area contributed by atoms with Crippen LogP contribution in [-0.2, 0) is 4.74 Å². The highest BCUT2D eigenvalue weighted by atomic mass is 16.5. The number of carbonyl (C=O) groups is 2. The molecule has 0 aromatic heterocycles. The topological polar surface area (TPSA) is 63.6 Å². The van der Waals surface area contributed by atoms with Gasteiger partial charge in [-0.15, -0.1) is 0 Å². The summed E-state index contributed by atoms with van der Waals surface area (Å²) in [6, 6.07) is 17.6. The first-order valence-corrected chi connectivity index (χ1v) is 8.68. The first-order chi connectivity index (χ1) is 12.1. The number of hydrogen-bond acceptors (Lipinski definition) is 3. The van der Waals surface area contributed by atoms with Gasteiger partial charge in [0.2, 0.25) is 0 Å². The molecule has 0 heterocycles. The van der Waals surface area contributed by atoms with Gasteiger partial charge in [-0.1, -0.05) is 36.4 Å². The molecule has 0 amide bonds. The van der Waals surface area contributed by atoms with Crippen molar-refractivity contribution in [2.24, 2.45) is 11.8 Å². The monoisotopic (exact) mass is 338 g/mol. The summed E-state index contributed by atoms with van der Waals surface area (Å²) in [5, 5.41) is 8.38. The largest absolute Gasteiger partial charge is 0.478 e. The number of benzene rings is 2. The van der Waals surface area contributed by atoms with E-state index in [2.05, 4.69) is 0 Å². The van der Waals surface area contributed by atoms with Crippen LogP contribution in [-0.4, -0.2) is 23.1 Å². The molecule has 0 saturated heterocycles. The summed E-state index contributed by atoms with van der Waals surface area (Å²) >= 11 is 0. The molecule has 4 nitrogen and oxygen atoms in total. The number of esters is 1. The van der Waals surface area contributed by atoms with E-state index in [4.69, 9.17) is 9.84 Å². The van der Waals surface area contributed by atoms with E-state index in [-0.39, 0.29) is 12.1 Å². The number of fused-ring (bicyclic) bond motifs is 2. The van der Waals surface area contributed by atoms with Crippen molar-refractivity contribution in [3.8, 4) is 0 Å². The molecule has 4 rings (SSSR count). The van der Waals surface area contributed by atoms with Gasteiger partial charge >= 0.3 is 11.9 Å². The molecule has 2 aliphatic carbocycles. The maximum absolute atomic E-state index is 11.9. The van der Waals surface area contributed by atoms with Gasteiger partial charge in [-0.25, -0.2) is 9.59 Å². The van der Waals surface area contributed by atoms with Crippen molar-refractivity contribution in [1.82, 2.24) is 0 Å². The van der Waals surface area contributed by atoms with Crippen molar-refractivity contribution >= 4 is 11.9 Å². The van der Waals surface area contributed by atoms with Crippen molar-refractivity contribution in [1.29, 1.82) is 0 Å². The van der Waals surface area contributed by atoms with Crippen molar-refractivity contribution in [3.05, 3.63) is 71.8 Å². The van der Waals surface area contributed by atoms with E-state index in [0.29, 0.717) is 17.0 Å². The van der Waals surface area contributed by atoms with Gasteiger partial charge in [-0.05, 0) is 61.8 Å². The van der Waals surface area contributed by atoms with Gasteiger partial charge in [0.15, 0.2) is 0 Å². The van der Waals surface area contributed by atoms with Crippen LogP contribution in [0.4, 0.5) is 0 Å². The summed E-state index contributed by atoms with van der Waals surface area (Å²) in [6.07, 6.45) is 5.13. The molecule has 2 aromatic carbocycles. The Labute approximate surface area is 147 Å². The number of ether oxygens (including phenoxy) is 1. The van der Waals surface area contributed by atoms with Crippen LogP contribution in [0, 0.1) is 11.8 Å². The van der Waals surface area contributed by atoms with Gasteiger partial charge in [0, 0.05) is 0 Å². The summed E-state index contributed by atoms with van der Waals surface area (Å²) in [5.41, 5.74) is 1.00. The smallest absolute Gasteiger partial charge is 0.338 e. The Bertz CT molecular complexity index is 711. The lowest BCUT2D eigenvalue weighted by Crippen LogP contribution is -2.24. The Kier molecular flexibility index (Phi) is 5.49. The van der Waals surface area contributed by atoms with Gasteiger partial charge in [-0.2, -0.15) is 0 Å². The zero-order valence-corrected chi connectivity index (χ0v) is 14.0. The van der Waals surface area contributed by atoms with Gasteiger partial charge < -0.3 is 9.84 Å². The molecule has 0 aliphatic heterocycles. The van der Waals surface area contributed by atoms with Gasteiger partial charge in [0.1, 0.15) is 6.10 Å². The lowest BCUT2D eigenvalue weighted by molar-refractivity contribution is 0.0158. The maximum atomic E-state index is 11.9. The number of aromatic carboxylic acids is 1. The number of carbonyl (C=O) groups excluding carboxylic acids is 1. The number of rotatable bonds is 3. The van der Waals surface area contributed by atoms with Crippen LogP contribution < -0.4 is 0 Å². The first kappa shape index (κ1) is 17.2. The van der Waals surface area contributed by atoms with Crippen LogP contribution >= 0.6 is 0 Å². The molecule has 0 spiro atoms. The molecule has 4 heteroatoms. The Morgan fingerprint density at radius 3 is 1.88 bits per heavy atom. The maximum Gasteiger partial charge on any atom is 0.338 e. The third kappa shape index (κ3) is 4.47. The van der Waals surface area contributed by atoms with Crippen molar-refractivity contribution < 1.29 is 19.4 Å².